The molecule has 12 nitrogen and oxygen atoms in total. The van der Waals surface area contributed by atoms with Gasteiger partial charge in [-0.05, 0) is 73.5 Å². The van der Waals surface area contributed by atoms with Crippen molar-refractivity contribution in [3.05, 3.63) is 12.7 Å². The van der Waals surface area contributed by atoms with Crippen molar-refractivity contribution in [2.75, 3.05) is 19.6 Å². The third kappa shape index (κ3) is 5.73. The van der Waals surface area contributed by atoms with Gasteiger partial charge < -0.3 is 21.3 Å². The van der Waals surface area contributed by atoms with Crippen molar-refractivity contribution >= 4 is 33.8 Å². The molecule has 4 aliphatic carbocycles. The number of hydrogen-bond acceptors (Lipinski definition) is 7. The van der Waals surface area contributed by atoms with Crippen molar-refractivity contribution in [2.24, 2.45) is 39.2 Å². The number of carbonyl (C=O) groups excluding carboxylic acids is 4. The first kappa shape index (κ1) is 36.3. The van der Waals surface area contributed by atoms with Crippen LogP contribution in [0.15, 0.2) is 12.7 Å². The summed E-state index contributed by atoms with van der Waals surface area (Å²) < 4.78 is 29.5. The minimum absolute atomic E-state index is 0.0273. The molecule has 5 N–H and O–H groups in total. The Hall–Kier alpha value is -2.51. The van der Waals surface area contributed by atoms with Crippen molar-refractivity contribution in [3.8, 4) is 0 Å². The molecule has 4 saturated carbocycles. The molecular weight excluding hydrogens is 644 g/mol. The van der Waals surface area contributed by atoms with Crippen molar-refractivity contribution in [3.63, 3.8) is 0 Å². The quantitative estimate of drug-likeness (QED) is 0.254. The fourth-order valence-electron chi connectivity index (χ4n) is 10.4. The average molecular weight is 703 g/mol. The zero-order valence-electron chi connectivity index (χ0n) is 30.1. The molecule has 0 aromatic heterocycles. The minimum atomic E-state index is -4.07. The summed E-state index contributed by atoms with van der Waals surface area (Å²) in [7, 11) is -4.07. The third-order valence-corrected chi connectivity index (χ3v) is 15.4. The molecule has 6 rings (SSSR count). The lowest BCUT2D eigenvalue weighted by Gasteiger charge is -2.37. The Labute approximate surface area is 292 Å². The van der Waals surface area contributed by atoms with Crippen LogP contribution in [0.5, 0.6) is 0 Å². The molecule has 13 heteroatoms. The maximum Gasteiger partial charge on any atom is 0.303 e. The van der Waals surface area contributed by atoms with Gasteiger partial charge >= 0.3 is 10.2 Å². The largest absolute Gasteiger partial charge is 0.342 e. The van der Waals surface area contributed by atoms with Crippen LogP contribution in [0.4, 0.5) is 0 Å². The van der Waals surface area contributed by atoms with Gasteiger partial charge in [0.05, 0.1) is 6.04 Å². The topological polar surface area (TPSA) is 171 Å². The van der Waals surface area contributed by atoms with Crippen molar-refractivity contribution in [2.45, 2.75) is 135 Å². The normalized spacial score (nSPS) is 33.4. The first-order chi connectivity index (χ1) is 22.9. The van der Waals surface area contributed by atoms with E-state index in [1.165, 1.54) is 4.31 Å². The molecule has 0 radical (unpaired) electrons. The van der Waals surface area contributed by atoms with Crippen LogP contribution in [0.25, 0.3) is 0 Å². The number of nitrogens with two attached hydrogens (primary N) is 1. The minimum Gasteiger partial charge on any atom is -0.342 e. The number of rotatable bonds is 10. The number of carbonyl (C=O) groups is 4. The van der Waals surface area contributed by atoms with Crippen molar-refractivity contribution < 1.29 is 27.6 Å². The smallest absolute Gasteiger partial charge is 0.303 e. The highest BCUT2D eigenvalue weighted by molar-refractivity contribution is 7.87. The van der Waals surface area contributed by atoms with E-state index in [0.29, 0.717) is 26.1 Å². The number of fused-ring (bicyclic) bond motifs is 1. The van der Waals surface area contributed by atoms with Gasteiger partial charge in [-0.1, -0.05) is 66.4 Å². The number of hydrogen-bond donors (Lipinski definition) is 4. The van der Waals surface area contributed by atoms with E-state index >= 15 is 0 Å². The van der Waals surface area contributed by atoms with Gasteiger partial charge in [0.1, 0.15) is 17.6 Å². The van der Waals surface area contributed by atoms with Gasteiger partial charge in [-0.3, -0.25) is 19.2 Å². The van der Waals surface area contributed by atoms with E-state index < -0.39 is 57.0 Å². The van der Waals surface area contributed by atoms with E-state index in [1.807, 2.05) is 20.8 Å². The summed E-state index contributed by atoms with van der Waals surface area (Å²) in [5, 5.41) is 5.96. The fraction of sp³-hybridized carbons (Fsp3) is 0.833. The lowest BCUT2D eigenvalue weighted by molar-refractivity contribution is -0.145. The molecule has 2 heterocycles. The molecule has 1 unspecified atom stereocenters. The Morgan fingerprint density at radius 1 is 0.939 bits per heavy atom. The van der Waals surface area contributed by atoms with Crippen LogP contribution in [-0.2, 0) is 29.4 Å². The van der Waals surface area contributed by atoms with E-state index in [0.717, 1.165) is 64.2 Å². The van der Waals surface area contributed by atoms with E-state index in [4.69, 9.17) is 5.73 Å². The Balaban J connectivity index is 1.26. The van der Waals surface area contributed by atoms with Gasteiger partial charge in [0.15, 0.2) is 0 Å². The summed E-state index contributed by atoms with van der Waals surface area (Å²) in [6.45, 7) is 15.0. The summed E-state index contributed by atoms with van der Waals surface area (Å²) in [5.74, 6) is -2.35. The number of nitrogens with zero attached hydrogens (tertiary/aromatic N) is 2. The third-order valence-electron chi connectivity index (χ3n) is 13.9. The summed E-state index contributed by atoms with van der Waals surface area (Å²) in [5.41, 5.74) is 3.97. The average Bonchev–Trinajstić information content (AvgIpc) is 3.49. The SMILES string of the molecule is C=C[C@@H]1C[C@]1(NC(=O)C1C[C@@]2(CN1C(=O)[C@@H](NC(=O)[C@@H](N)C1CCCCC1)C(C)(C)C)C(C)(C)C21CCC1)C(=O)NS(=O)(=O)N1CCCC1. The number of amides is 4. The molecule has 6 atom stereocenters. The number of likely N-dealkylation sites (tertiary alicyclic amines) is 1. The molecule has 2 saturated heterocycles. The first-order valence-electron chi connectivity index (χ1n) is 18.5. The summed E-state index contributed by atoms with van der Waals surface area (Å²) in [6, 6.07) is -2.54. The number of nitrogens with one attached hydrogen (secondary N) is 3. The highest BCUT2D eigenvalue weighted by Gasteiger charge is 2.85. The van der Waals surface area contributed by atoms with E-state index in [1.54, 1.807) is 11.0 Å². The highest BCUT2D eigenvalue weighted by atomic mass is 32.2. The van der Waals surface area contributed by atoms with Gasteiger partial charge in [-0.15, -0.1) is 6.58 Å². The van der Waals surface area contributed by atoms with Crippen LogP contribution in [0.3, 0.4) is 0 Å². The van der Waals surface area contributed by atoms with Gasteiger partial charge in [0.2, 0.25) is 17.7 Å². The molecule has 2 aliphatic heterocycles. The zero-order valence-corrected chi connectivity index (χ0v) is 30.9. The predicted molar refractivity (Wildman–Crippen MR) is 186 cm³/mol. The Kier molecular flexibility index (Phi) is 9.12. The lowest BCUT2D eigenvalue weighted by Crippen LogP contribution is -2.61. The first-order valence-corrected chi connectivity index (χ1v) is 19.9. The van der Waals surface area contributed by atoms with Crippen LogP contribution >= 0.6 is 0 Å². The fourth-order valence-corrected chi connectivity index (χ4v) is 11.6. The Bertz CT molecular complexity index is 1490. The molecule has 0 aromatic rings. The highest BCUT2D eigenvalue weighted by Crippen LogP contribution is 2.88. The maximum atomic E-state index is 14.8. The van der Waals surface area contributed by atoms with Crippen LogP contribution in [0, 0.1) is 33.5 Å². The van der Waals surface area contributed by atoms with Crippen LogP contribution < -0.4 is 21.1 Å². The summed E-state index contributed by atoms with van der Waals surface area (Å²) in [6.07, 6.45) is 11.8. The molecule has 6 fully saturated rings. The van der Waals surface area contributed by atoms with E-state index in [2.05, 4.69) is 35.8 Å². The predicted octanol–water partition coefficient (Wildman–Crippen LogP) is 2.74. The molecule has 0 aromatic carbocycles. The van der Waals surface area contributed by atoms with Gasteiger partial charge in [0.25, 0.3) is 5.91 Å². The second-order valence-corrected chi connectivity index (χ2v) is 19.3. The molecule has 4 amide bonds. The zero-order chi connectivity index (χ0) is 35.8. The Morgan fingerprint density at radius 2 is 1.57 bits per heavy atom. The molecule has 274 valence electrons. The molecule has 6 aliphatic rings. The van der Waals surface area contributed by atoms with Crippen LogP contribution in [0.1, 0.15) is 112 Å². The molecular formula is C36H58N6O6S. The lowest BCUT2D eigenvalue weighted by atomic mass is 9.73. The van der Waals surface area contributed by atoms with Crippen molar-refractivity contribution in [1.82, 2.24) is 24.6 Å². The van der Waals surface area contributed by atoms with Gasteiger partial charge in [-0.2, -0.15) is 12.7 Å². The second-order valence-electron chi connectivity index (χ2n) is 17.6. The Morgan fingerprint density at radius 3 is 2.08 bits per heavy atom. The van der Waals surface area contributed by atoms with Gasteiger partial charge in [0, 0.05) is 31.0 Å². The standard InChI is InChI=1S/C36H58N6O6S/c1-7-24-20-36(24,31(46)40-49(47,48)41-18-11-12-19-41)39-28(43)25-21-35(33(5,6)34(35)16-13-17-34)22-42(25)30(45)27(32(2,3)4)38-29(44)26(37)23-14-9-8-10-15-23/h7,23-27H,1,8-22,37H2,2-6H3,(H,38,44)(H,39,43)(H,40,46)/t24-,25?,26+,27-,35-,36-/m1/s1. The maximum absolute atomic E-state index is 14.8. The summed E-state index contributed by atoms with van der Waals surface area (Å²) >= 11 is 0. The monoisotopic (exact) mass is 702 g/mol. The van der Waals surface area contributed by atoms with Crippen LogP contribution in [-0.4, -0.2) is 84.6 Å². The molecule has 2 spiro atoms. The molecule has 0 bridgehead atoms. The van der Waals surface area contributed by atoms with E-state index in [-0.39, 0.29) is 40.4 Å². The summed E-state index contributed by atoms with van der Waals surface area (Å²) in [4.78, 5) is 58.1. The van der Waals surface area contributed by atoms with Crippen LogP contribution in [0.2, 0.25) is 0 Å². The molecule has 49 heavy (non-hydrogen) atoms. The second kappa shape index (κ2) is 12.3. The van der Waals surface area contributed by atoms with Gasteiger partial charge in [-0.25, -0.2) is 4.72 Å². The van der Waals surface area contributed by atoms with Crippen molar-refractivity contribution in [1.29, 1.82) is 0 Å². The van der Waals surface area contributed by atoms with E-state index in [9.17, 15) is 27.6 Å².